The van der Waals surface area contributed by atoms with E-state index < -0.39 is 0 Å². The summed E-state index contributed by atoms with van der Waals surface area (Å²) in [5.41, 5.74) is 7.55. The molecule has 0 fully saturated rings. The smallest absolute Gasteiger partial charge is 0.00419 e. The molecule has 0 radical (unpaired) electrons. The van der Waals surface area contributed by atoms with Gasteiger partial charge >= 0.3 is 0 Å². The first-order valence-corrected chi connectivity index (χ1v) is 7.12. The summed E-state index contributed by atoms with van der Waals surface area (Å²) in [4.78, 5) is 0. The van der Waals surface area contributed by atoms with Crippen molar-refractivity contribution >= 4 is 0 Å². The number of nitrogens with two attached hydrogens (primary N) is 1. The Labute approximate surface area is 106 Å². The van der Waals surface area contributed by atoms with Gasteiger partial charge in [0.1, 0.15) is 0 Å². The third-order valence-corrected chi connectivity index (χ3v) is 3.33. The van der Waals surface area contributed by atoms with Gasteiger partial charge in [0.05, 0.1) is 0 Å². The molecule has 1 heteroatoms. The van der Waals surface area contributed by atoms with E-state index in [0.717, 1.165) is 12.8 Å². The fraction of sp³-hybridized carbons (Fsp3) is 0.625. The number of aryl methyl sites for hydroxylation is 1. The van der Waals surface area contributed by atoms with E-state index in [-0.39, 0.29) is 0 Å². The fourth-order valence-electron chi connectivity index (χ4n) is 2.15. The molecule has 0 aliphatic rings. The van der Waals surface area contributed by atoms with Crippen LogP contribution in [0.1, 0.15) is 57.4 Å². The molecular formula is C16H27N. The van der Waals surface area contributed by atoms with Gasteiger partial charge in [-0.1, -0.05) is 69.4 Å². The van der Waals surface area contributed by atoms with Crippen LogP contribution < -0.4 is 5.73 Å². The standard InChI is InChI=1S/C16H27N/c1-2-3-4-5-9-12-16(17)14-13-15-10-7-6-8-11-15/h6-8,10-11,16H,2-5,9,12-14,17H2,1H3. The minimum atomic E-state index is 0.386. The Bertz CT molecular complexity index is 268. The van der Waals surface area contributed by atoms with Crippen molar-refractivity contribution in [3.63, 3.8) is 0 Å². The maximum absolute atomic E-state index is 6.14. The molecular weight excluding hydrogens is 206 g/mol. The minimum Gasteiger partial charge on any atom is -0.328 e. The van der Waals surface area contributed by atoms with Crippen molar-refractivity contribution in [3.05, 3.63) is 35.9 Å². The minimum absolute atomic E-state index is 0.386. The second kappa shape index (κ2) is 9.23. The highest BCUT2D eigenvalue weighted by atomic mass is 14.6. The zero-order valence-corrected chi connectivity index (χ0v) is 11.2. The van der Waals surface area contributed by atoms with Crippen LogP contribution in [-0.4, -0.2) is 6.04 Å². The van der Waals surface area contributed by atoms with Gasteiger partial charge in [-0.2, -0.15) is 0 Å². The molecule has 0 heterocycles. The lowest BCUT2D eigenvalue weighted by atomic mass is 10.0. The van der Waals surface area contributed by atoms with Crippen LogP contribution in [0, 0.1) is 0 Å². The molecule has 1 aromatic carbocycles. The van der Waals surface area contributed by atoms with Crippen LogP contribution in [0.3, 0.4) is 0 Å². The van der Waals surface area contributed by atoms with Crippen molar-refractivity contribution in [2.24, 2.45) is 5.73 Å². The van der Waals surface area contributed by atoms with E-state index in [9.17, 15) is 0 Å². The van der Waals surface area contributed by atoms with E-state index in [1.165, 1.54) is 44.1 Å². The Kier molecular flexibility index (Phi) is 7.74. The van der Waals surface area contributed by atoms with E-state index in [2.05, 4.69) is 37.3 Å². The highest BCUT2D eigenvalue weighted by Gasteiger charge is 2.02. The Morgan fingerprint density at radius 1 is 0.941 bits per heavy atom. The fourth-order valence-corrected chi connectivity index (χ4v) is 2.15. The molecule has 1 aromatic rings. The van der Waals surface area contributed by atoms with Crippen LogP contribution in [-0.2, 0) is 6.42 Å². The average Bonchev–Trinajstić information content (AvgIpc) is 2.37. The van der Waals surface area contributed by atoms with Crippen molar-refractivity contribution < 1.29 is 0 Å². The first-order valence-electron chi connectivity index (χ1n) is 7.12. The molecule has 96 valence electrons. The molecule has 0 amide bonds. The molecule has 0 bridgehead atoms. The molecule has 0 aromatic heterocycles. The second-order valence-electron chi connectivity index (χ2n) is 4.99. The molecule has 1 atom stereocenters. The van der Waals surface area contributed by atoms with Crippen LogP contribution in [0.25, 0.3) is 0 Å². The predicted molar refractivity (Wildman–Crippen MR) is 76.1 cm³/mol. The second-order valence-corrected chi connectivity index (χ2v) is 4.99. The van der Waals surface area contributed by atoms with Gasteiger partial charge in [-0.15, -0.1) is 0 Å². The zero-order chi connectivity index (χ0) is 12.3. The number of benzene rings is 1. The predicted octanol–water partition coefficient (Wildman–Crippen LogP) is 4.31. The van der Waals surface area contributed by atoms with Gasteiger partial charge in [-0.25, -0.2) is 0 Å². The van der Waals surface area contributed by atoms with Gasteiger partial charge in [0.2, 0.25) is 0 Å². The third kappa shape index (κ3) is 7.17. The molecule has 1 nitrogen and oxygen atoms in total. The highest BCUT2D eigenvalue weighted by molar-refractivity contribution is 5.14. The van der Waals surface area contributed by atoms with Crippen LogP contribution in [0.2, 0.25) is 0 Å². The molecule has 0 aliphatic carbocycles. The number of rotatable bonds is 9. The Hall–Kier alpha value is -0.820. The van der Waals surface area contributed by atoms with Gasteiger partial charge in [0.15, 0.2) is 0 Å². The molecule has 1 rings (SSSR count). The van der Waals surface area contributed by atoms with Crippen molar-refractivity contribution in [1.29, 1.82) is 0 Å². The van der Waals surface area contributed by atoms with Gasteiger partial charge in [-0.3, -0.25) is 0 Å². The summed E-state index contributed by atoms with van der Waals surface area (Å²) in [6.45, 7) is 2.26. The third-order valence-electron chi connectivity index (χ3n) is 3.33. The van der Waals surface area contributed by atoms with Crippen LogP contribution in [0.15, 0.2) is 30.3 Å². The summed E-state index contributed by atoms with van der Waals surface area (Å²) in [5, 5.41) is 0. The monoisotopic (exact) mass is 233 g/mol. The van der Waals surface area contributed by atoms with Gasteiger partial charge in [0, 0.05) is 6.04 Å². The van der Waals surface area contributed by atoms with E-state index in [0.29, 0.717) is 6.04 Å². The zero-order valence-electron chi connectivity index (χ0n) is 11.2. The number of hydrogen-bond donors (Lipinski definition) is 1. The average molecular weight is 233 g/mol. The van der Waals surface area contributed by atoms with E-state index in [1.807, 2.05) is 0 Å². The summed E-state index contributed by atoms with van der Waals surface area (Å²) in [7, 11) is 0. The normalized spacial score (nSPS) is 12.6. The van der Waals surface area contributed by atoms with Crippen molar-refractivity contribution in [2.45, 2.75) is 64.3 Å². The maximum Gasteiger partial charge on any atom is 0.00419 e. The van der Waals surface area contributed by atoms with Gasteiger partial charge in [-0.05, 0) is 24.8 Å². The lowest BCUT2D eigenvalue weighted by Gasteiger charge is -2.11. The molecule has 0 aliphatic heterocycles. The highest BCUT2D eigenvalue weighted by Crippen LogP contribution is 2.10. The number of unbranched alkanes of at least 4 members (excludes halogenated alkanes) is 4. The lowest BCUT2D eigenvalue weighted by Crippen LogP contribution is -2.20. The molecule has 1 unspecified atom stereocenters. The first-order chi connectivity index (χ1) is 8.33. The lowest BCUT2D eigenvalue weighted by molar-refractivity contribution is 0.516. The van der Waals surface area contributed by atoms with Gasteiger partial charge < -0.3 is 5.73 Å². The van der Waals surface area contributed by atoms with Crippen LogP contribution in [0.4, 0.5) is 0 Å². The van der Waals surface area contributed by atoms with E-state index in [1.54, 1.807) is 0 Å². The van der Waals surface area contributed by atoms with Crippen LogP contribution >= 0.6 is 0 Å². The Morgan fingerprint density at radius 3 is 2.35 bits per heavy atom. The summed E-state index contributed by atoms with van der Waals surface area (Å²) in [6, 6.07) is 11.0. The largest absolute Gasteiger partial charge is 0.328 e. The van der Waals surface area contributed by atoms with Crippen molar-refractivity contribution in [3.8, 4) is 0 Å². The number of hydrogen-bond acceptors (Lipinski definition) is 1. The molecule has 0 saturated carbocycles. The summed E-state index contributed by atoms with van der Waals surface area (Å²) >= 11 is 0. The quantitative estimate of drug-likeness (QED) is 0.632. The van der Waals surface area contributed by atoms with E-state index >= 15 is 0 Å². The van der Waals surface area contributed by atoms with Gasteiger partial charge in [0.25, 0.3) is 0 Å². The summed E-state index contributed by atoms with van der Waals surface area (Å²) < 4.78 is 0. The van der Waals surface area contributed by atoms with Crippen LogP contribution in [0.5, 0.6) is 0 Å². The summed E-state index contributed by atoms with van der Waals surface area (Å²) in [6.07, 6.45) is 10.2. The molecule has 0 spiro atoms. The topological polar surface area (TPSA) is 26.0 Å². The Morgan fingerprint density at radius 2 is 1.65 bits per heavy atom. The first kappa shape index (κ1) is 14.2. The molecule has 0 saturated heterocycles. The maximum atomic E-state index is 6.14. The van der Waals surface area contributed by atoms with Crippen molar-refractivity contribution in [1.82, 2.24) is 0 Å². The Balaban J connectivity index is 2.03. The molecule has 17 heavy (non-hydrogen) atoms. The summed E-state index contributed by atoms with van der Waals surface area (Å²) in [5.74, 6) is 0. The molecule has 2 N–H and O–H groups in total. The van der Waals surface area contributed by atoms with E-state index in [4.69, 9.17) is 5.73 Å². The van der Waals surface area contributed by atoms with Crippen molar-refractivity contribution in [2.75, 3.05) is 0 Å². The SMILES string of the molecule is CCCCCCCC(N)CCc1ccccc1.